The number of furan rings is 1. The van der Waals surface area contributed by atoms with Gasteiger partial charge in [-0.05, 0) is 65.0 Å². The maximum Gasteiger partial charge on any atom is 0.138 e. The summed E-state index contributed by atoms with van der Waals surface area (Å²) < 4.78 is 6.58. The molecular formula is C48H31N3O. The lowest BCUT2D eigenvalue weighted by molar-refractivity contribution is 0.669. The summed E-state index contributed by atoms with van der Waals surface area (Å²) in [6.07, 6.45) is 0. The van der Waals surface area contributed by atoms with Crippen LogP contribution in [0, 0.1) is 0 Å². The van der Waals surface area contributed by atoms with Crippen molar-refractivity contribution in [3.63, 3.8) is 0 Å². The normalized spacial score (nSPS) is 11.5. The van der Waals surface area contributed by atoms with Gasteiger partial charge in [-0.15, -0.1) is 0 Å². The summed E-state index contributed by atoms with van der Waals surface area (Å²) >= 11 is 0. The highest BCUT2D eigenvalue weighted by Gasteiger charge is 2.20. The molecule has 0 fully saturated rings. The molecule has 0 radical (unpaired) electrons. The van der Waals surface area contributed by atoms with Crippen molar-refractivity contribution >= 4 is 60.8 Å². The van der Waals surface area contributed by atoms with Gasteiger partial charge >= 0.3 is 0 Å². The third kappa shape index (κ3) is 5.09. The molecule has 0 atom stereocenters. The number of rotatable bonds is 6. The van der Waals surface area contributed by atoms with Gasteiger partial charge in [0.25, 0.3) is 0 Å². The zero-order valence-corrected chi connectivity index (χ0v) is 28.1. The Balaban J connectivity index is 1.20. The molecule has 0 amide bonds. The van der Waals surface area contributed by atoms with Crippen LogP contribution in [0.5, 0.6) is 0 Å². The zero-order chi connectivity index (χ0) is 34.4. The predicted molar refractivity (Wildman–Crippen MR) is 215 cm³/mol. The molecule has 2 aromatic heterocycles. The van der Waals surface area contributed by atoms with Gasteiger partial charge in [-0.2, -0.15) is 0 Å². The smallest absolute Gasteiger partial charge is 0.138 e. The highest BCUT2D eigenvalue weighted by molar-refractivity contribution is 6.15. The van der Waals surface area contributed by atoms with E-state index in [2.05, 4.69) is 157 Å². The van der Waals surface area contributed by atoms with E-state index in [0.717, 1.165) is 94.4 Å². The number of hydrogen-bond donors (Lipinski definition) is 0. The van der Waals surface area contributed by atoms with Crippen LogP contribution in [-0.2, 0) is 0 Å². The Morgan fingerprint density at radius 1 is 0.404 bits per heavy atom. The van der Waals surface area contributed by atoms with Crippen LogP contribution in [0.3, 0.4) is 0 Å². The average molecular weight is 666 g/mol. The van der Waals surface area contributed by atoms with E-state index in [1.54, 1.807) is 0 Å². The molecule has 4 heteroatoms. The standard InChI is InChI=1S/C48H31N3O/c1-5-15-32(16-6-1)46-47(33-17-7-2-8-18-33)50-48-39-27-25-35(29-34(39)26-28-42(48)49-46)41-30-38(31-44-45(41)40-23-13-14-24-43(40)52-44)51(36-19-9-3-10-20-36)37-21-11-4-12-22-37/h1-31H. The van der Waals surface area contributed by atoms with Gasteiger partial charge < -0.3 is 9.32 Å². The molecule has 8 aromatic carbocycles. The summed E-state index contributed by atoms with van der Waals surface area (Å²) in [5.74, 6) is 0. The van der Waals surface area contributed by atoms with Crippen molar-refractivity contribution < 1.29 is 4.42 Å². The number of nitrogens with zero attached hydrogens (tertiary/aromatic N) is 3. The maximum absolute atomic E-state index is 6.58. The van der Waals surface area contributed by atoms with Gasteiger partial charge in [-0.1, -0.05) is 133 Å². The fourth-order valence-electron chi connectivity index (χ4n) is 7.41. The number of fused-ring (bicyclic) bond motifs is 6. The van der Waals surface area contributed by atoms with Crippen LogP contribution < -0.4 is 4.90 Å². The number of benzene rings is 8. The first kappa shape index (κ1) is 29.8. The molecule has 2 heterocycles. The van der Waals surface area contributed by atoms with Crippen LogP contribution >= 0.6 is 0 Å². The number of para-hydroxylation sites is 3. The van der Waals surface area contributed by atoms with E-state index in [0.29, 0.717) is 0 Å². The van der Waals surface area contributed by atoms with Crippen LogP contribution in [0.1, 0.15) is 0 Å². The molecule has 0 unspecified atom stereocenters. The molecule has 244 valence electrons. The van der Waals surface area contributed by atoms with E-state index in [1.165, 1.54) is 0 Å². The largest absolute Gasteiger partial charge is 0.456 e. The fourth-order valence-corrected chi connectivity index (χ4v) is 7.41. The first-order valence-corrected chi connectivity index (χ1v) is 17.5. The third-order valence-electron chi connectivity index (χ3n) is 9.81. The molecule has 4 nitrogen and oxygen atoms in total. The van der Waals surface area contributed by atoms with Crippen LogP contribution in [0.4, 0.5) is 17.1 Å². The Morgan fingerprint density at radius 2 is 1.00 bits per heavy atom. The van der Waals surface area contributed by atoms with Crippen molar-refractivity contribution in [1.82, 2.24) is 9.97 Å². The number of hydrogen-bond acceptors (Lipinski definition) is 4. The van der Waals surface area contributed by atoms with Crippen molar-refractivity contribution in [2.45, 2.75) is 0 Å². The van der Waals surface area contributed by atoms with Gasteiger partial charge in [-0.3, -0.25) is 0 Å². The number of anilines is 3. The SMILES string of the molecule is c1ccc(-c2nc3ccc4cc(-c5cc(N(c6ccccc6)c6ccccc6)cc6oc7ccccc7c56)ccc4c3nc2-c2ccccc2)cc1. The second-order valence-electron chi connectivity index (χ2n) is 13.0. The topological polar surface area (TPSA) is 42.2 Å². The molecule has 52 heavy (non-hydrogen) atoms. The monoisotopic (exact) mass is 665 g/mol. The summed E-state index contributed by atoms with van der Waals surface area (Å²) in [6, 6.07) is 65.4. The summed E-state index contributed by atoms with van der Waals surface area (Å²) in [4.78, 5) is 12.9. The first-order valence-electron chi connectivity index (χ1n) is 17.5. The fraction of sp³-hybridized carbons (Fsp3) is 0. The maximum atomic E-state index is 6.58. The summed E-state index contributed by atoms with van der Waals surface area (Å²) in [6.45, 7) is 0. The molecule has 0 saturated heterocycles. The van der Waals surface area contributed by atoms with E-state index in [9.17, 15) is 0 Å². The van der Waals surface area contributed by atoms with Crippen molar-refractivity contribution in [2.75, 3.05) is 4.90 Å². The summed E-state index contributed by atoms with van der Waals surface area (Å²) in [5, 5.41) is 4.35. The van der Waals surface area contributed by atoms with Crippen LogP contribution in [0.15, 0.2) is 192 Å². The molecule has 0 aliphatic rings. The highest BCUT2D eigenvalue weighted by atomic mass is 16.3. The van der Waals surface area contributed by atoms with Crippen LogP contribution in [0.2, 0.25) is 0 Å². The summed E-state index contributed by atoms with van der Waals surface area (Å²) in [5.41, 5.74) is 12.7. The Kier molecular flexibility index (Phi) is 7.10. The molecule has 0 saturated carbocycles. The van der Waals surface area contributed by atoms with Crippen LogP contribution in [-0.4, -0.2) is 9.97 Å². The molecule has 10 aromatic rings. The van der Waals surface area contributed by atoms with Gasteiger partial charge in [0.2, 0.25) is 0 Å². The Morgan fingerprint density at radius 3 is 1.67 bits per heavy atom. The Labute approximate surface area is 300 Å². The Hall–Kier alpha value is -7.04. The van der Waals surface area contributed by atoms with E-state index in [1.807, 2.05) is 36.4 Å². The molecule has 10 rings (SSSR count). The van der Waals surface area contributed by atoms with E-state index in [-0.39, 0.29) is 0 Å². The molecule has 0 aliphatic carbocycles. The van der Waals surface area contributed by atoms with Gasteiger partial charge in [0.1, 0.15) is 11.2 Å². The van der Waals surface area contributed by atoms with Gasteiger partial charge in [0, 0.05) is 44.7 Å². The van der Waals surface area contributed by atoms with Crippen molar-refractivity contribution in [3.8, 4) is 33.6 Å². The van der Waals surface area contributed by atoms with Gasteiger partial charge in [0.05, 0.1) is 28.1 Å². The van der Waals surface area contributed by atoms with Crippen molar-refractivity contribution in [1.29, 1.82) is 0 Å². The molecular weight excluding hydrogens is 635 g/mol. The first-order chi connectivity index (χ1) is 25.8. The lowest BCUT2D eigenvalue weighted by atomic mass is 9.95. The third-order valence-corrected chi connectivity index (χ3v) is 9.81. The Bertz CT molecular complexity index is 2850. The van der Waals surface area contributed by atoms with Crippen molar-refractivity contribution in [3.05, 3.63) is 188 Å². The van der Waals surface area contributed by atoms with E-state index >= 15 is 0 Å². The minimum Gasteiger partial charge on any atom is -0.456 e. The summed E-state index contributed by atoms with van der Waals surface area (Å²) in [7, 11) is 0. The number of aromatic nitrogens is 2. The average Bonchev–Trinajstić information content (AvgIpc) is 3.60. The zero-order valence-electron chi connectivity index (χ0n) is 28.1. The minimum atomic E-state index is 0.844. The molecule has 0 spiro atoms. The van der Waals surface area contributed by atoms with Crippen molar-refractivity contribution in [2.24, 2.45) is 0 Å². The van der Waals surface area contributed by atoms with Gasteiger partial charge in [0.15, 0.2) is 0 Å². The lowest BCUT2D eigenvalue weighted by Crippen LogP contribution is -2.09. The van der Waals surface area contributed by atoms with E-state index < -0.39 is 0 Å². The van der Waals surface area contributed by atoms with Crippen LogP contribution in [0.25, 0.3) is 77.4 Å². The molecule has 0 aliphatic heterocycles. The quantitative estimate of drug-likeness (QED) is 0.166. The highest BCUT2D eigenvalue weighted by Crippen LogP contribution is 2.44. The van der Waals surface area contributed by atoms with E-state index in [4.69, 9.17) is 14.4 Å². The lowest BCUT2D eigenvalue weighted by Gasteiger charge is -2.26. The van der Waals surface area contributed by atoms with Gasteiger partial charge in [-0.25, -0.2) is 9.97 Å². The predicted octanol–water partition coefficient (Wildman–Crippen LogP) is 13.2. The second kappa shape index (κ2) is 12.4. The minimum absolute atomic E-state index is 0.844. The second-order valence-corrected chi connectivity index (χ2v) is 13.0. The molecule has 0 bridgehead atoms. The molecule has 0 N–H and O–H groups in total.